The van der Waals surface area contributed by atoms with Gasteiger partial charge >= 0.3 is 12.1 Å². The van der Waals surface area contributed by atoms with Crippen LogP contribution >= 0.6 is 0 Å². The Morgan fingerprint density at radius 2 is 1.67 bits per heavy atom. The molecule has 0 aliphatic carbocycles. The molecular formula is C18H19F3O2Si. The Balaban J connectivity index is 2.31. The molecule has 0 aliphatic heterocycles. The van der Waals surface area contributed by atoms with Crippen LogP contribution in [-0.2, 0) is 22.1 Å². The van der Waals surface area contributed by atoms with Crippen LogP contribution < -0.4 is 10.4 Å². The molecule has 24 heavy (non-hydrogen) atoms. The lowest BCUT2D eigenvalue weighted by molar-refractivity contribution is -0.140. The smallest absolute Gasteiger partial charge is 0.416 e. The van der Waals surface area contributed by atoms with Gasteiger partial charge in [-0.25, -0.2) is 0 Å². The van der Waals surface area contributed by atoms with Gasteiger partial charge in [0.1, 0.15) is 8.07 Å². The SMILES string of the molecule is COC(=O)Cc1ccc([Si](C)(C)c2cccc(C(F)(F)F)c2)cc1. The van der Waals surface area contributed by atoms with Crippen LogP contribution in [0.25, 0.3) is 0 Å². The van der Waals surface area contributed by atoms with E-state index in [0.29, 0.717) is 0 Å². The number of hydrogen-bond acceptors (Lipinski definition) is 2. The number of ether oxygens (including phenoxy) is 1. The van der Waals surface area contributed by atoms with Gasteiger partial charge in [-0.1, -0.05) is 72.0 Å². The van der Waals surface area contributed by atoms with Crippen molar-refractivity contribution in [1.82, 2.24) is 0 Å². The van der Waals surface area contributed by atoms with Crippen LogP contribution in [0.5, 0.6) is 0 Å². The average Bonchev–Trinajstić information content (AvgIpc) is 2.54. The van der Waals surface area contributed by atoms with E-state index >= 15 is 0 Å². The highest BCUT2D eigenvalue weighted by atomic mass is 28.3. The van der Waals surface area contributed by atoms with Crippen LogP contribution in [0.1, 0.15) is 11.1 Å². The molecule has 0 N–H and O–H groups in total. The summed E-state index contributed by atoms with van der Waals surface area (Å²) in [6, 6.07) is 13.0. The summed E-state index contributed by atoms with van der Waals surface area (Å²) in [5.41, 5.74) is 0.197. The Hall–Kier alpha value is -2.08. The summed E-state index contributed by atoms with van der Waals surface area (Å²) in [5.74, 6) is -0.322. The number of carbonyl (C=O) groups excluding carboxylic acids is 1. The molecule has 0 atom stereocenters. The van der Waals surface area contributed by atoms with Crippen LogP contribution in [0, 0.1) is 0 Å². The summed E-state index contributed by atoms with van der Waals surface area (Å²) in [6.45, 7) is 4.02. The highest BCUT2D eigenvalue weighted by molar-refractivity contribution is 7.00. The maximum absolute atomic E-state index is 12.9. The van der Waals surface area contributed by atoms with Gasteiger partial charge in [-0.05, 0) is 5.56 Å². The quantitative estimate of drug-likeness (QED) is 0.624. The second-order valence-corrected chi connectivity index (χ2v) is 10.6. The van der Waals surface area contributed by atoms with E-state index in [4.69, 9.17) is 0 Å². The van der Waals surface area contributed by atoms with Crippen LogP contribution in [0.2, 0.25) is 13.1 Å². The van der Waals surface area contributed by atoms with E-state index in [2.05, 4.69) is 4.74 Å². The monoisotopic (exact) mass is 352 g/mol. The van der Waals surface area contributed by atoms with Gasteiger partial charge in [0, 0.05) is 0 Å². The molecule has 0 radical (unpaired) electrons. The van der Waals surface area contributed by atoms with Crippen molar-refractivity contribution in [3.8, 4) is 0 Å². The number of carbonyl (C=O) groups is 1. The molecule has 0 aliphatic rings. The molecule has 0 saturated heterocycles. The Kier molecular flexibility index (Phi) is 5.18. The van der Waals surface area contributed by atoms with Gasteiger partial charge < -0.3 is 4.74 Å². The predicted octanol–water partition coefficient (Wildman–Crippen LogP) is 3.24. The Morgan fingerprint density at radius 3 is 2.21 bits per heavy atom. The minimum atomic E-state index is -4.34. The maximum Gasteiger partial charge on any atom is 0.416 e. The van der Waals surface area contributed by atoms with E-state index in [1.54, 1.807) is 6.07 Å². The number of benzene rings is 2. The van der Waals surface area contributed by atoms with E-state index in [0.717, 1.165) is 22.0 Å². The third-order valence-corrected chi connectivity index (χ3v) is 7.69. The summed E-state index contributed by atoms with van der Waals surface area (Å²) in [7, 11) is -0.919. The molecule has 128 valence electrons. The maximum atomic E-state index is 12.9. The van der Waals surface area contributed by atoms with Gasteiger partial charge in [0.05, 0.1) is 19.1 Å². The Labute approximate surface area is 140 Å². The topological polar surface area (TPSA) is 26.3 Å². The van der Waals surface area contributed by atoms with Crippen molar-refractivity contribution in [1.29, 1.82) is 0 Å². The molecule has 0 bridgehead atoms. The Bertz CT molecular complexity index is 722. The summed E-state index contributed by atoms with van der Waals surface area (Å²) < 4.78 is 43.4. The van der Waals surface area contributed by atoms with E-state index in [-0.39, 0.29) is 12.4 Å². The lowest BCUT2D eigenvalue weighted by atomic mass is 10.1. The van der Waals surface area contributed by atoms with Gasteiger partial charge in [-0.3, -0.25) is 4.79 Å². The van der Waals surface area contributed by atoms with Crippen LogP contribution in [0.3, 0.4) is 0 Å². The first kappa shape index (κ1) is 18.3. The Morgan fingerprint density at radius 1 is 1.04 bits per heavy atom. The molecule has 2 aromatic rings. The van der Waals surface area contributed by atoms with E-state index < -0.39 is 19.8 Å². The van der Waals surface area contributed by atoms with Gasteiger partial charge in [0.15, 0.2) is 0 Å². The van der Waals surface area contributed by atoms with Crippen molar-refractivity contribution in [3.63, 3.8) is 0 Å². The number of rotatable bonds is 4. The molecule has 2 aromatic carbocycles. The van der Waals surface area contributed by atoms with Crippen molar-refractivity contribution < 1.29 is 22.7 Å². The molecule has 0 spiro atoms. The third-order valence-electron chi connectivity index (χ3n) is 4.16. The molecule has 0 amide bonds. The fraction of sp³-hybridized carbons (Fsp3) is 0.278. The van der Waals surface area contributed by atoms with Crippen LogP contribution in [0.4, 0.5) is 13.2 Å². The van der Waals surface area contributed by atoms with Crippen molar-refractivity contribution >= 4 is 24.4 Å². The highest BCUT2D eigenvalue weighted by Crippen LogP contribution is 2.28. The summed E-state index contributed by atoms with van der Waals surface area (Å²) >= 11 is 0. The van der Waals surface area contributed by atoms with E-state index in [9.17, 15) is 18.0 Å². The first-order chi connectivity index (χ1) is 11.1. The molecule has 0 saturated carbocycles. The van der Waals surface area contributed by atoms with Gasteiger partial charge in [-0.15, -0.1) is 0 Å². The van der Waals surface area contributed by atoms with Crippen molar-refractivity contribution in [2.24, 2.45) is 0 Å². The standard InChI is InChI=1S/C18H19F3O2Si/c1-23-17(22)11-13-7-9-15(10-8-13)24(2,3)16-6-4-5-14(12-16)18(19,20)21/h4-10,12H,11H2,1-3H3. The molecule has 0 unspecified atom stereocenters. The number of alkyl halides is 3. The zero-order valence-electron chi connectivity index (χ0n) is 13.8. The number of halogens is 3. The summed E-state index contributed by atoms with van der Waals surface area (Å²) in [6.07, 6.45) is -4.16. The zero-order valence-corrected chi connectivity index (χ0v) is 14.8. The normalized spacial score (nSPS) is 12.1. The molecule has 2 rings (SSSR count). The molecule has 2 nitrogen and oxygen atoms in total. The van der Waals surface area contributed by atoms with E-state index in [1.807, 2.05) is 37.4 Å². The van der Waals surface area contributed by atoms with Gasteiger partial charge in [0.25, 0.3) is 0 Å². The van der Waals surface area contributed by atoms with Crippen molar-refractivity contribution in [2.45, 2.75) is 25.7 Å². The zero-order chi connectivity index (χ0) is 18.0. The van der Waals surface area contributed by atoms with E-state index in [1.165, 1.54) is 19.2 Å². The number of hydrogen-bond donors (Lipinski definition) is 0. The molecule has 0 aromatic heterocycles. The fourth-order valence-electron chi connectivity index (χ4n) is 2.53. The predicted molar refractivity (Wildman–Crippen MR) is 90.4 cm³/mol. The number of esters is 1. The summed E-state index contributed by atoms with van der Waals surface area (Å²) in [5, 5.41) is 1.73. The average molecular weight is 352 g/mol. The number of methoxy groups -OCH3 is 1. The highest BCUT2D eigenvalue weighted by Gasteiger charge is 2.33. The largest absolute Gasteiger partial charge is 0.469 e. The first-order valence-corrected chi connectivity index (χ1v) is 10.5. The molecule has 6 heteroatoms. The van der Waals surface area contributed by atoms with Crippen molar-refractivity contribution in [2.75, 3.05) is 7.11 Å². The van der Waals surface area contributed by atoms with Gasteiger partial charge in [-0.2, -0.15) is 13.2 Å². The van der Waals surface area contributed by atoms with Crippen LogP contribution in [0.15, 0.2) is 48.5 Å². The van der Waals surface area contributed by atoms with Gasteiger partial charge in [0.2, 0.25) is 0 Å². The lowest BCUT2D eigenvalue weighted by Gasteiger charge is -2.25. The minimum absolute atomic E-state index is 0.183. The van der Waals surface area contributed by atoms with Crippen LogP contribution in [-0.4, -0.2) is 21.2 Å². The molecule has 0 fully saturated rings. The third kappa shape index (κ3) is 4.06. The summed E-state index contributed by atoms with van der Waals surface area (Å²) in [4.78, 5) is 11.3. The minimum Gasteiger partial charge on any atom is -0.469 e. The lowest BCUT2D eigenvalue weighted by Crippen LogP contribution is -2.53. The first-order valence-electron chi connectivity index (χ1n) is 7.48. The second-order valence-electron chi connectivity index (χ2n) is 6.15. The molecule has 0 heterocycles. The fourth-order valence-corrected chi connectivity index (χ4v) is 4.89. The molecular weight excluding hydrogens is 333 g/mol. The van der Waals surface area contributed by atoms with Crippen molar-refractivity contribution in [3.05, 3.63) is 59.7 Å². The second kappa shape index (κ2) is 6.81.